The number of nitro groups is 1. The molecule has 82 valence electrons. The number of hydrogen-bond acceptors (Lipinski definition) is 4. The largest absolute Gasteiger partial charge is 0.398 e. The summed E-state index contributed by atoms with van der Waals surface area (Å²) in [5.74, 6) is 0. The average Bonchev–Trinajstić information content (AvgIpc) is 2.60. The van der Waals surface area contributed by atoms with E-state index in [-0.39, 0.29) is 5.69 Å². The van der Waals surface area contributed by atoms with Crippen molar-refractivity contribution in [2.45, 2.75) is 6.92 Å². The van der Waals surface area contributed by atoms with Gasteiger partial charge in [-0.25, -0.2) is 0 Å². The third-order valence-corrected chi connectivity index (χ3v) is 3.55. The van der Waals surface area contributed by atoms with Crippen molar-refractivity contribution in [2.24, 2.45) is 0 Å². The van der Waals surface area contributed by atoms with Crippen LogP contribution >= 0.6 is 11.3 Å². The minimum atomic E-state index is -0.393. The SMILES string of the molecule is Cc1c(N)csc1-c1cccc([N+](=O)[O-])c1. The number of benzene rings is 1. The fourth-order valence-electron chi connectivity index (χ4n) is 1.48. The Labute approximate surface area is 96.5 Å². The average molecular weight is 234 g/mol. The van der Waals surface area contributed by atoms with Gasteiger partial charge < -0.3 is 5.73 Å². The summed E-state index contributed by atoms with van der Waals surface area (Å²) in [6.45, 7) is 1.92. The van der Waals surface area contributed by atoms with Gasteiger partial charge in [0.15, 0.2) is 0 Å². The van der Waals surface area contributed by atoms with E-state index < -0.39 is 4.92 Å². The molecule has 5 heteroatoms. The molecule has 0 atom stereocenters. The van der Waals surface area contributed by atoms with Crippen LogP contribution in [0.2, 0.25) is 0 Å². The van der Waals surface area contributed by atoms with Crippen LogP contribution in [0.4, 0.5) is 11.4 Å². The Hall–Kier alpha value is -1.88. The van der Waals surface area contributed by atoms with Crippen LogP contribution in [0.15, 0.2) is 29.6 Å². The minimum absolute atomic E-state index is 0.101. The maximum atomic E-state index is 10.7. The topological polar surface area (TPSA) is 69.2 Å². The van der Waals surface area contributed by atoms with E-state index in [1.54, 1.807) is 12.1 Å². The molecule has 0 aliphatic heterocycles. The van der Waals surface area contributed by atoms with Gasteiger partial charge in [-0.15, -0.1) is 11.3 Å². The molecule has 0 saturated heterocycles. The van der Waals surface area contributed by atoms with Gasteiger partial charge in [0.05, 0.1) is 4.92 Å². The van der Waals surface area contributed by atoms with Crippen LogP contribution in [-0.2, 0) is 0 Å². The van der Waals surface area contributed by atoms with Gasteiger partial charge in [0.2, 0.25) is 0 Å². The van der Waals surface area contributed by atoms with Crippen molar-refractivity contribution < 1.29 is 4.92 Å². The molecule has 1 aromatic heterocycles. The highest BCUT2D eigenvalue weighted by Gasteiger charge is 2.11. The van der Waals surface area contributed by atoms with E-state index >= 15 is 0 Å². The van der Waals surface area contributed by atoms with Crippen LogP contribution < -0.4 is 5.73 Å². The van der Waals surface area contributed by atoms with E-state index in [0.717, 1.165) is 21.7 Å². The lowest BCUT2D eigenvalue weighted by Crippen LogP contribution is -1.88. The second-order valence-electron chi connectivity index (χ2n) is 3.45. The highest BCUT2D eigenvalue weighted by atomic mass is 32.1. The number of nitrogen functional groups attached to an aromatic ring is 1. The predicted octanol–water partition coefficient (Wildman–Crippen LogP) is 3.21. The van der Waals surface area contributed by atoms with E-state index in [0.29, 0.717) is 0 Å². The molecule has 0 fully saturated rings. The highest BCUT2D eigenvalue weighted by Crippen LogP contribution is 2.34. The highest BCUT2D eigenvalue weighted by molar-refractivity contribution is 7.14. The normalized spacial score (nSPS) is 10.3. The summed E-state index contributed by atoms with van der Waals surface area (Å²) in [5, 5.41) is 12.5. The maximum absolute atomic E-state index is 10.7. The summed E-state index contributed by atoms with van der Waals surface area (Å²) < 4.78 is 0. The molecule has 2 N–H and O–H groups in total. The van der Waals surface area contributed by atoms with Crippen LogP contribution in [0.25, 0.3) is 10.4 Å². The first-order valence-electron chi connectivity index (χ1n) is 4.68. The first-order chi connectivity index (χ1) is 7.59. The van der Waals surface area contributed by atoms with E-state index in [4.69, 9.17) is 5.73 Å². The van der Waals surface area contributed by atoms with Gasteiger partial charge in [-0.3, -0.25) is 10.1 Å². The molecule has 16 heavy (non-hydrogen) atoms. The number of nitrogens with two attached hydrogens (primary N) is 1. The zero-order valence-corrected chi connectivity index (χ0v) is 9.45. The molecule has 4 nitrogen and oxygen atoms in total. The predicted molar refractivity (Wildman–Crippen MR) is 65.6 cm³/mol. The van der Waals surface area contributed by atoms with Crippen molar-refractivity contribution in [2.75, 3.05) is 5.73 Å². The first kappa shape index (κ1) is 10.6. The molecule has 0 amide bonds. The van der Waals surface area contributed by atoms with Crippen molar-refractivity contribution in [3.8, 4) is 10.4 Å². The van der Waals surface area contributed by atoms with Crippen molar-refractivity contribution >= 4 is 22.7 Å². The molecular formula is C11H10N2O2S. The molecule has 2 rings (SSSR count). The standard InChI is InChI=1S/C11H10N2O2S/c1-7-10(12)6-16-11(7)8-3-2-4-9(5-8)13(14)15/h2-6H,12H2,1H3. The number of hydrogen-bond donors (Lipinski definition) is 1. The van der Waals surface area contributed by atoms with Crippen molar-refractivity contribution in [1.29, 1.82) is 0 Å². The van der Waals surface area contributed by atoms with Crippen molar-refractivity contribution in [1.82, 2.24) is 0 Å². The number of nitrogens with zero attached hydrogens (tertiary/aromatic N) is 1. The monoisotopic (exact) mass is 234 g/mol. The minimum Gasteiger partial charge on any atom is -0.398 e. The third-order valence-electron chi connectivity index (χ3n) is 2.40. The number of thiophene rings is 1. The molecule has 2 aromatic rings. The molecular weight excluding hydrogens is 224 g/mol. The maximum Gasteiger partial charge on any atom is 0.270 e. The van der Waals surface area contributed by atoms with Gasteiger partial charge >= 0.3 is 0 Å². The molecule has 1 heterocycles. The van der Waals surface area contributed by atoms with Crippen LogP contribution in [0.1, 0.15) is 5.56 Å². The van der Waals surface area contributed by atoms with Gasteiger partial charge in [-0.1, -0.05) is 12.1 Å². The second-order valence-corrected chi connectivity index (χ2v) is 4.33. The zero-order chi connectivity index (χ0) is 11.7. The van der Waals surface area contributed by atoms with Gasteiger partial charge in [0.1, 0.15) is 0 Å². The van der Waals surface area contributed by atoms with Crippen LogP contribution in [0.5, 0.6) is 0 Å². The van der Waals surface area contributed by atoms with Crippen LogP contribution in [0, 0.1) is 17.0 Å². The van der Waals surface area contributed by atoms with Crippen LogP contribution in [0.3, 0.4) is 0 Å². The Bertz CT molecular complexity index is 549. The summed E-state index contributed by atoms with van der Waals surface area (Å²) in [6.07, 6.45) is 0. The Morgan fingerprint density at radius 2 is 2.19 bits per heavy atom. The Morgan fingerprint density at radius 3 is 2.75 bits per heavy atom. The lowest BCUT2D eigenvalue weighted by Gasteiger charge is -2.00. The number of rotatable bonds is 2. The van der Waals surface area contributed by atoms with E-state index in [1.807, 2.05) is 18.4 Å². The molecule has 0 saturated carbocycles. The molecule has 0 unspecified atom stereocenters. The van der Waals surface area contributed by atoms with Gasteiger partial charge in [0.25, 0.3) is 5.69 Å². The second kappa shape index (κ2) is 3.94. The molecule has 0 aliphatic rings. The molecule has 1 aromatic carbocycles. The molecule has 0 bridgehead atoms. The summed E-state index contributed by atoms with van der Waals surface area (Å²) in [7, 11) is 0. The summed E-state index contributed by atoms with van der Waals surface area (Å²) in [4.78, 5) is 11.3. The Balaban J connectivity index is 2.52. The quantitative estimate of drug-likeness (QED) is 0.640. The fraction of sp³-hybridized carbons (Fsp3) is 0.0909. The van der Waals surface area contributed by atoms with E-state index in [2.05, 4.69) is 0 Å². The molecule has 0 aliphatic carbocycles. The first-order valence-corrected chi connectivity index (χ1v) is 5.56. The van der Waals surface area contributed by atoms with Gasteiger partial charge in [0, 0.05) is 28.1 Å². The van der Waals surface area contributed by atoms with Crippen molar-refractivity contribution in [3.05, 3.63) is 45.3 Å². The smallest absolute Gasteiger partial charge is 0.270 e. The Kier molecular flexibility index (Phi) is 2.62. The lowest BCUT2D eigenvalue weighted by atomic mass is 10.1. The number of nitro benzene ring substituents is 1. The van der Waals surface area contributed by atoms with E-state index in [1.165, 1.54) is 17.4 Å². The molecule has 0 radical (unpaired) electrons. The number of non-ortho nitro benzene ring substituents is 1. The molecule has 0 spiro atoms. The zero-order valence-electron chi connectivity index (χ0n) is 8.64. The fourth-order valence-corrected chi connectivity index (χ4v) is 2.45. The van der Waals surface area contributed by atoms with Crippen LogP contribution in [-0.4, -0.2) is 4.92 Å². The van der Waals surface area contributed by atoms with Gasteiger partial charge in [-0.05, 0) is 18.1 Å². The lowest BCUT2D eigenvalue weighted by molar-refractivity contribution is -0.384. The third kappa shape index (κ3) is 1.77. The van der Waals surface area contributed by atoms with Crippen molar-refractivity contribution in [3.63, 3.8) is 0 Å². The summed E-state index contributed by atoms with van der Waals surface area (Å²) >= 11 is 1.50. The van der Waals surface area contributed by atoms with Gasteiger partial charge in [-0.2, -0.15) is 0 Å². The summed E-state index contributed by atoms with van der Waals surface area (Å²) in [6, 6.07) is 6.59. The van der Waals surface area contributed by atoms with E-state index in [9.17, 15) is 10.1 Å². The number of anilines is 1. The Morgan fingerprint density at radius 1 is 1.44 bits per heavy atom. The summed E-state index contributed by atoms with van der Waals surface area (Å²) in [5.41, 5.74) is 8.40.